The van der Waals surface area contributed by atoms with Crippen molar-refractivity contribution < 1.29 is 9.90 Å². The van der Waals surface area contributed by atoms with Gasteiger partial charge >= 0.3 is 5.97 Å². The molecular formula is C14H15N3O2. The topological polar surface area (TPSA) is 86.0 Å². The third-order valence-corrected chi connectivity index (χ3v) is 4.07. The zero-order valence-electron chi connectivity index (χ0n) is 10.6. The zero-order valence-corrected chi connectivity index (χ0v) is 10.6. The summed E-state index contributed by atoms with van der Waals surface area (Å²) < 4.78 is 0. The van der Waals surface area contributed by atoms with Crippen LogP contribution in [-0.4, -0.2) is 22.6 Å². The Kier molecular flexibility index (Phi) is 2.67. The Labute approximate surface area is 111 Å². The van der Waals surface area contributed by atoms with Crippen LogP contribution in [0.2, 0.25) is 0 Å². The van der Waals surface area contributed by atoms with Gasteiger partial charge in [0.1, 0.15) is 11.9 Å². The van der Waals surface area contributed by atoms with Gasteiger partial charge in [0.25, 0.3) is 0 Å². The van der Waals surface area contributed by atoms with Crippen molar-refractivity contribution in [2.75, 3.05) is 11.9 Å². The maximum absolute atomic E-state index is 11.1. The Bertz CT molecular complexity index is 585. The Morgan fingerprint density at radius 3 is 2.95 bits per heavy atom. The van der Waals surface area contributed by atoms with Crippen molar-refractivity contribution in [3.05, 3.63) is 22.9 Å². The first-order chi connectivity index (χ1) is 9.14. The van der Waals surface area contributed by atoms with Crippen molar-refractivity contribution in [1.29, 1.82) is 5.26 Å². The number of aryl methyl sites for hydroxylation is 2. The van der Waals surface area contributed by atoms with E-state index in [2.05, 4.69) is 16.4 Å². The molecule has 1 saturated carbocycles. The second-order valence-electron chi connectivity index (χ2n) is 5.39. The summed E-state index contributed by atoms with van der Waals surface area (Å²) >= 11 is 0. The van der Waals surface area contributed by atoms with Crippen molar-refractivity contribution in [2.24, 2.45) is 5.41 Å². The summed E-state index contributed by atoms with van der Waals surface area (Å²) in [6.07, 6.45) is 4.40. The molecule has 1 fully saturated rings. The van der Waals surface area contributed by atoms with Crippen molar-refractivity contribution >= 4 is 11.8 Å². The summed E-state index contributed by atoms with van der Waals surface area (Å²) in [5, 5.41) is 21.4. The Hall–Kier alpha value is -2.09. The summed E-state index contributed by atoms with van der Waals surface area (Å²) in [5.74, 6) is -0.227. The van der Waals surface area contributed by atoms with Gasteiger partial charge in [0.15, 0.2) is 0 Å². The highest BCUT2D eigenvalue weighted by Crippen LogP contribution is 2.45. The van der Waals surface area contributed by atoms with E-state index in [0.717, 1.165) is 30.5 Å². The van der Waals surface area contributed by atoms with Gasteiger partial charge in [-0.25, -0.2) is 4.98 Å². The van der Waals surface area contributed by atoms with Gasteiger partial charge in [-0.2, -0.15) is 5.26 Å². The van der Waals surface area contributed by atoms with Gasteiger partial charge in [-0.1, -0.05) is 0 Å². The van der Waals surface area contributed by atoms with E-state index in [1.165, 1.54) is 0 Å². The van der Waals surface area contributed by atoms with E-state index in [0.29, 0.717) is 30.8 Å². The molecule has 5 nitrogen and oxygen atoms in total. The summed E-state index contributed by atoms with van der Waals surface area (Å²) in [5.41, 5.74) is 2.07. The number of hydrogen-bond donors (Lipinski definition) is 2. The molecule has 98 valence electrons. The van der Waals surface area contributed by atoms with Crippen molar-refractivity contribution in [2.45, 2.75) is 32.1 Å². The van der Waals surface area contributed by atoms with E-state index in [4.69, 9.17) is 10.4 Å². The predicted molar refractivity (Wildman–Crippen MR) is 68.8 cm³/mol. The number of carboxylic acid groups (broad SMARTS) is 1. The van der Waals surface area contributed by atoms with Crippen molar-refractivity contribution in [3.63, 3.8) is 0 Å². The molecule has 0 unspecified atom stereocenters. The highest BCUT2D eigenvalue weighted by Gasteiger charge is 2.50. The number of nitrogens with one attached hydrogen (secondary N) is 1. The van der Waals surface area contributed by atoms with Crippen LogP contribution in [-0.2, 0) is 17.6 Å². The van der Waals surface area contributed by atoms with Crippen molar-refractivity contribution in [1.82, 2.24) is 4.98 Å². The number of carbonyl (C=O) groups is 1. The Morgan fingerprint density at radius 1 is 1.53 bits per heavy atom. The van der Waals surface area contributed by atoms with Crippen LogP contribution in [0.1, 0.15) is 36.1 Å². The van der Waals surface area contributed by atoms with Gasteiger partial charge in [-0.3, -0.25) is 4.79 Å². The number of carboxylic acids is 1. The number of hydrogen-bond acceptors (Lipinski definition) is 4. The highest BCUT2D eigenvalue weighted by atomic mass is 16.4. The van der Waals surface area contributed by atoms with E-state index < -0.39 is 11.4 Å². The summed E-state index contributed by atoms with van der Waals surface area (Å²) in [7, 11) is 0. The van der Waals surface area contributed by atoms with E-state index in [1.54, 1.807) is 0 Å². The molecule has 0 spiro atoms. The van der Waals surface area contributed by atoms with Gasteiger partial charge in [0.05, 0.1) is 11.0 Å². The zero-order chi connectivity index (χ0) is 13.5. The fourth-order valence-electron chi connectivity index (χ4n) is 2.56. The molecule has 0 radical (unpaired) electrons. The number of rotatable bonds is 4. The van der Waals surface area contributed by atoms with Crippen LogP contribution >= 0.6 is 0 Å². The molecule has 19 heavy (non-hydrogen) atoms. The van der Waals surface area contributed by atoms with Crippen LogP contribution in [0.4, 0.5) is 5.82 Å². The molecule has 2 aliphatic carbocycles. The van der Waals surface area contributed by atoms with Gasteiger partial charge in [-0.05, 0) is 43.7 Å². The monoisotopic (exact) mass is 257 g/mol. The van der Waals surface area contributed by atoms with E-state index in [-0.39, 0.29) is 0 Å². The third-order valence-electron chi connectivity index (χ3n) is 4.07. The molecule has 0 aromatic carbocycles. The molecule has 1 aromatic rings. The largest absolute Gasteiger partial charge is 0.481 e. The van der Waals surface area contributed by atoms with E-state index in [9.17, 15) is 4.79 Å². The fraction of sp³-hybridized carbons (Fsp3) is 0.500. The van der Waals surface area contributed by atoms with Crippen LogP contribution in [0.5, 0.6) is 0 Å². The van der Waals surface area contributed by atoms with Gasteiger partial charge in [-0.15, -0.1) is 0 Å². The minimum atomic E-state index is -0.764. The molecule has 0 amide bonds. The molecule has 2 N–H and O–H groups in total. The van der Waals surface area contributed by atoms with Crippen LogP contribution < -0.4 is 5.32 Å². The standard InChI is InChI=1S/C14H15N3O2/c15-7-10-6-9-2-1-3-11(9)17-12(10)16-8-14(4-5-14)13(18)19/h6H,1-5,8H2,(H,16,17)(H,18,19). The van der Waals surface area contributed by atoms with Crippen LogP contribution in [0.25, 0.3) is 0 Å². The fourth-order valence-corrected chi connectivity index (χ4v) is 2.56. The molecule has 0 atom stereocenters. The van der Waals surface area contributed by atoms with Crippen LogP contribution in [0, 0.1) is 16.7 Å². The number of pyridine rings is 1. The average Bonchev–Trinajstić information content (AvgIpc) is 3.07. The van der Waals surface area contributed by atoms with Crippen molar-refractivity contribution in [3.8, 4) is 6.07 Å². The molecule has 0 aliphatic heterocycles. The first kappa shape index (κ1) is 12.0. The lowest BCUT2D eigenvalue weighted by atomic mass is 10.1. The molecule has 2 aliphatic rings. The SMILES string of the molecule is N#Cc1cc2c(nc1NCC1(C(=O)O)CC1)CCC2. The summed E-state index contributed by atoms with van der Waals surface area (Å²) in [4.78, 5) is 15.6. The number of fused-ring (bicyclic) bond motifs is 1. The van der Waals surface area contributed by atoms with Gasteiger partial charge < -0.3 is 10.4 Å². The molecule has 1 aromatic heterocycles. The maximum Gasteiger partial charge on any atom is 0.311 e. The van der Waals surface area contributed by atoms with Crippen LogP contribution in [0.15, 0.2) is 6.07 Å². The second kappa shape index (κ2) is 4.23. The molecule has 0 saturated heterocycles. The lowest BCUT2D eigenvalue weighted by Crippen LogP contribution is -2.25. The number of aliphatic carboxylic acids is 1. The Morgan fingerprint density at radius 2 is 2.32 bits per heavy atom. The third kappa shape index (κ3) is 2.03. The minimum absolute atomic E-state index is 0.350. The van der Waals surface area contributed by atoms with Crippen LogP contribution in [0.3, 0.4) is 0 Å². The normalized spacial score (nSPS) is 18.5. The first-order valence-corrected chi connectivity index (χ1v) is 6.55. The van der Waals surface area contributed by atoms with Gasteiger partial charge in [0.2, 0.25) is 0 Å². The number of nitrogens with zero attached hydrogens (tertiary/aromatic N) is 2. The number of nitriles is 1. The Balaban J connectivity index is 1.81. The molecular weight excluding hydrogens is 242 g/mol. The predicted octanol–water partition coefficient (Wildman–Crippen LogP) is 1.72. The van der Waals surface area contributed by atoms with Gasteiger partial charge in [0, 0.05) is 12.2 Å². The van der Waals surface area contributed by atoms with E-state index >= 15 is 0 Å². The highest BCUT2D eigenvalue weighted by molar-refractivity contribution is 5.78. The molecule has 5 heteroatoms. The summed E-state index contributed by atoms with van der Waals surface area (Å²) in [6, 6.07) is 4.03. The lowest BCUT2D eigenvalue weighted by Gasteiger charge is -2.13. The lowest BCUT2D eigenvalue weighted by molar-refractivity contribution is -0.142. The second-order valence-corrected chi connectivity index (χ2v) is 5.39. The molecule has 1 heterocycles. The average molecular weight is 257 g/mol. The molecule has 0 bridgehead atoms. The summed E-state index contributed by atoms with van der Waals surface area (Å²) in [6.45, 7) is 0.350. The maximum atomic E-state index is 11.1. The smallest absolute Gasteiger partial charge is 0.311 e. The first-order valence-electron chi connectivity index (χ1n) is 6.55. The molecule has 3 rings (SSSR count). The van der Waals surface area contributed by atoms with E-state index in [1.807, 2.05) is 6.07 Å². The number of anilines is 1. The minimum Gasteiger partial charge on any atom is -0.481 e. The number of aromatic nitrogens is 1. The quantitative estimate of drug-likeness (QED) is 0.857.